The molecule has 130 valence electrons. The largest absolute Gasteiger partial charge is 0.497 e. The van der Waals surface area contributed by atoms with Crippen molar-refractivity contribution in [2.45, 2.75) is 13.0 Å². The number of nitrogens with two attached hydrogens (primary N) is 1. The summed E-state index contributed by atoms with van der Waals surface area (Å²) in [5.41, 5.74) is 6.72. The molecule has 2 rings (SSSR count). The Morgan fingerprint density at radius 2 is 1.92 bits per heavy atom. The van der Waals surface area contributed by atoms with Crippen molar-refractivity contribution in [2.75, 3.05) is 19.0 Å². The van der Waals surface area contributed by atoms with Crippen LogP contribution in [-0.4, -0.2) is 25.7 Å². The second-order valence-electron chi connectivity index (χ2n) is 4.97. The lowest BCUT2D eigenvalue weighted by atomic mass is 10.3. The third-order valence-electron chi connectivity index (χ3n) is 3.01. The number of aliphatic imine (C=N–C) groups is 1. The highest BCUT2D eigenvalue weighted by atomic mass is 127. The third kappa shape index (κ3) is 6.84. The summed E-state index contributed by atoms with van der Waals surface area (Å²) < 4.78 is 10.8. The minimum atomic E-state index is -0.121. The Kier molecular flexibility index (Phi) is 8.70. The minimum absolute atomic E-state index is 0. The number of nitrogens with one attached hydrogen (secondary N) is 1. The summed E-state index contributed by atoms with van der Waals surface area (Å²) >= 11 is 5.92. The van der Waals surface area contributed by atoms with Crippen LogP contribution in [0.5, 0.6) is 11.5 Å². The molecule has 1 unspecified atom stereocenters. The molecule has 0 aliphatic rings. The lowest BCUT2D eigenvalue weighted by molar-refractivity contribution is 0.230. The number of hydrogen-bond donors (Lipinski definition) is 2. The van der Waals surface area contributed by atoms with Crippen molar-refractivity contribution in [3.8, 4) is 11.5 Å². The van der Waals surface area contributed by atoms with Crippen LogP contribution in [0.2, 0.25) is 5.02 Å². The molecule has 0 aromatic heterocycles. The van der Waals surface area contributed by atoms with Crippen LogP contribution in [0, 0.1) is 0 Å². The number of nitrogens with zero attached hydrogens (tertiary/aromatic N) is 1. The maximum atomic E-state index is 5.92. The topological polar surface area (TPSA) is 68.9 Å². The van der Waals surface area contributed by atoms with Crippen molar-refractivity contribution in [1.82, 2.24) is 0 Å². The number of methoxy groups -OCH3 is 1. The van der Waals surface area contributed by atoms with Crippen LogP contribution in [-0.2, 0) is 0 Å². The lowest BCUT2D eigenvalue weighted by Crippen LogP contribution is -2.25. The van der Waals surface area contributed by atoms with Crippen molar-refractivity contribution in [2.24, 2.45) is 10.7 Å². The highest BCUT2D eigenvalue weighted by Gasteiger charge is 2.04. The molecule has 0 aliphatic heterocycles. The minimum Gasteiger partial charge on any atom is -0.497 e. The van der Waals surface area contributed by atoms with Gasteiger partial charge < -0.3 is 20.5 Å². The van der Waals surface area contributed by atoms with E-state index in [9.17, 15) is 0 Å². The van der Waals surface area contributed by atoms with Gasteiger partial charge in [0.1, 0.15) is 17.6 Å². The Morgan fingerprint density at radius 3 is 2.54 bits per heavy atom. The fraction of sp³-hybridized carbons (Fsp3) is 0.235. The molecule has 2 aromatic carbocycles. The van der Waals surface area contributed by atoms with E-state index in [0.29, 0.717) is 23.3 Å². The van der Waals surface area contributed by atoms with Crippen molar-refractivity contribution in [3.05, 3.63) is 53.6 Å². The first kappa shape index (κ1) is 20.4. The number of halogens is 2. The molecule has 1 atom stereocenters. The Balaban J connectivity index is 0.00000288. The molecule has 2 aromatic rings. The Bertz CT molecular complexity index is 665. The van der Waals surface area contributed by atoms with E-state index in [-0.39, 0.29) is 30.1 Å². The van der Waals surface area contributed by atoms with Crippen LogP contribution in [0.15, 0.2) is 53.5 Å². The van der Waals surface area contributed by atoms with Crippen molar-refractivity contribution < 1.29 is 9.47 Å². The summed E-state index contributed by atoms with van der Waals surface area (Å²) in [6.45, 7) is 2.35. The first-order valence-corrected chi connectivity index (χ1v) is 7.58. The number of hydrogen-bond acceptors (Lipinski definition) is 3. The molecule has 24 heavy (non-hydrogen) atoms. The van der Waals surface area contributed by atoms with Crippen LogP contribution in [0.3, 0.4) is 0 Å². The van der Waals surface area contributed by atoms with Crippen molar-refractivity contribution in [3.63, 3.8) is 0 Å². The van der Waals surface area contributed by atoms with Crippen LogP contribution < -0.4 is 20.5 Å². The quantitative estimate of drug-likeness (QED) is 0.385. The molecule has 0 bridgehead atoms. The molecule has 0 saturated heterocycles. The fourth-order valence-corrected chi connectivity index (χ4v) is 2.08. The van der Waals surface area contributed by atoms with Crippen LogP contribution >= 0.6 is 35.6 Å². The molecule has 0 saturated carbocycles. The van der Waals surface area contributed by atoms with Gasteiger partial charge in [-0.1, -0.05) is 17.7 Å². The van der Waals surface area contributed by atoms with Gasteiger partial charge in [-0.2, -0.15) is 0 Å². The van der Waals surface area contributed by atoms with E-state index in [0.717, 1.165) is 11.4 Å². The number of benzene rings is 2. The average Bonchev–Trinajstić information content (AvgIpc) is 2.54. The zero-order valence-electron chi connectivity index (χ0n) is 13.5. The molecule has 5 nitrogen and oxygen atoms in total. The van der Waals surface area contributed by atoms with Gasteiger partial charge in [0.05, 0.1) is 13.7 Å². The van der Waals surface area contributed by atoms with Gasteiger partial charge in [0.25, 0.3) is 0 Å². The van der Waals surface area contributed by atoms with Gasteiger partial charge in [0, 0.05) is 10.7 Å². The predicted octanol–water partition coefficient (Wildman–Crippen LogP) is 4.16. The summed E-state index contributed by atoms with van der Waals surface area (Å²) in [5.74, 6) is 1.83. The van der Waals surface area contributed by atoms with Crippen molar-refractivity contribution >= 4 is 47.2 Å². The predicted molar refractivity (Wildman–Crippen MR) is 110 cm³/mol. The average molecular weight is 462 g/mol. The van der Waals surface area contributed by atoms with Crippen LogP contribution in [0.1, 0.15) is 6.92 Å². The van der Waals surface area contributed by atoms with Crippen LogP contribution in [0.25, 0.3) is 0 Å². The van der Waals surface area contributed by atoms with Crippen molar-refractivity contribution in [1.29, 1.82) is 0 Å². The number of anilines is 1. The molecule has 7 heteroatoms. The second kappa shape index (κ2) is 10.2. The Hall–Kier alpha value is -1.67. The van der Waals surface area contributed by atoms with E-state index in [1.807, 2.05) is 43.3 Å². The third-order valence-corrected chi connectivity index (χ3v) is 3.25. The SMILES string of the molecule is COc1ccc(NC(N)=NCC(C)Oc2cccc(Cl)c2)cc1.I. The second-order valence-corrected chi connectivity index (χ2v) is 5.40. The summed E-state index contributed by atoms with van der Waals surface area (Å²) in [7, 11) is 1.62. The van der Waals surface area contributed by atoms with E-state index in [1.165, 1.54) is 0 Å². The summed E-state index contributed by atoms with van der Waals surface area (Å²) in [6, 6.07) is 14.7. The van der Waals surface area contributed by atoms with Gasteiger partial charge in [-0.05, 0) is 49.4 Å². The Labute approximate surface area is 164 Å². The first-order valence-electron chi connectivity index (χ1n) is 7.20. The smallest absolute Gasteiger partial charge is 0.193 e. The highest BCUT2D eigenvalue weighted by Crippen LogP contribution is 2.18. The van der Waals surface area contributed by atoms with E-state index in [2.05, 4.69) is 10.3 Å². The van der Waals surface area contributed by atoms with E-state index in [4.69, 9.17) is 26.8 Å². The standard InChI is InChI=1S/C17H20ClN3O2.HI/c1-12(23-16-5-3-4-13(18)10-16)11-20-17(19)21-14-6-8-15(22-2)9-7-14;/h3-10,12H,11H2,1-2H3,(H3,19,20,21);1H. The normalized spacial score (nSPS) is 12.0. The maximum Gasteiger partial charge on any atom is 0.193 e. The molecular weight excluding hydrogens is 441 g/mol. The van der Waals surface area contributed by atoms with Gasteiger partial charge in [0.2, 0.25) is 0 Å². The molecular formula is C17H21ClIN3O2. The molecule has 0 amide bonds. The van der Waals surface area contributed by atoms with Gasteiger partial charge in [-0.15, -0.1) is 24.0 Å². The highest BCUT2D eigenvalue weighted by molar-refractivity contribution is 14.0. The summed E-state index contributed by atoms with van der Waals surface area (Å²) in [4.78, 5) is 4.27. The van der Waals surface area contributed by atoms with Gasteiger partial charge in [-0.25, -0.2) is 4.99 Å². The summed E-state index contributed by atoms with van der Waals surface area (Å²) in [5, 5.41) is 3.65. The van der Waals surface area contributed by atoms with E-state index < -0.39 is 0 Å². The maximum absolute atomic E-state index is 5.92. The molecule has 0 fully saturated rings. The zero-order chi connectivity index (χ0) is 16.7. The number of ether oxygens (including phenoxy) is 2. The van der Waals surface area contributed by atoms with E-state index in [1.54, 1.807) is 19.2 Å². The monoisotopic (exact) mass is 461 g/mol. The number of rotatable bonds is 6. The molecule has 0 radical (unpaired) electrons. The van der Waals surface area contributed by atoms with Gasteiger partial charge in [0.15, 0.2) is 5.96 Å². The summed E-state index contributed by atoms with van der Waals surface area (Å²) in [6.07, 6.45) is -0.121. The number of guanidine groups is 1. The Morgan fingerprint density at radius 1 is 1.21 bits per heavy atom. The zero-order valence-corrected chi connectivity index (χ0v) is 16.6. The molecule has 3 N–H and O–H groups in total. The molecule has 0 heterocycles. The van der Waals surface area contributed by atoms with E-state index >= 15 is 0 Å². The fourth-order valence-electron chi connectivity index (χ4n) is 1.90. The van der Waals surface area contributed by atoms with Gasteiger partial charge >= 0.3 is 0 Å². The lowest BCUT2D eigenvalue weighted by Gasteiger charge is -2.13. The molecule has 0 aliphatic carbocycles. The van der Waals surface area contributed by atoms with Crippen LogP contribution in [0.4, 0.5) is 5.69 Å². The van der Waals surface area contributed by atoms with Gasteiger partial charge in [-0.3, -0.25) is 0 Å². The first-order chi connectivity index (χ1) is 11.1. The molecule has 0 spiro atoms.